The first-order chi connectivity index (χ1) is 14.3. The summed E-state index contributed by atoms with van der Waals surface area (Å²) in [4.78, 5) is 23.9. The van der Waals surface area contributed by atoms with E-state index in [1.807, 2.05) is 0 Å². The molecule has 0 aromatic heterocycles. The summed E-state index contributed by atoms with van der Waals surface area (Å²) in [5.74, 6) is 0.194. The summed E-state index contributed by atoms with van der Waals surface area (Å²) in [5, 5.41) is 14.9. The zero-order chi connectivity index (χ0) is 22.0. The van der Waals surface area contributed by atoms with Gasteiger partial charge in [0.05, 0.1) is 11.5 Å². The minimum atomic E-state index is -3.23. The van der Waals surface area contributed by atoms with Gasteiger partial charge in [0.2, 0.25) is 5.91 Å². The Morgan fingerprint density at radius 2 is 1.70 bits per heavy atom. The highest BCUT2D eigenvalue weighted by molar-refractivity contribution is 7.90. The van der Waals surface area contributed by atoms with Gasteiger partial charge >= 0.3 is 0 Å². The van der Waals surface area contributed by atoms with Crippen molar-refractivity contribution in [1.82, 2.24) is 10.6 Å². The van der Waals surface area contributed by atoms with Gasteiger partial charge in [-0.25, -0.2) is 8.42 Å². The molecule has 0 saturated carbocycles. The van der Waals surface area contributed by atoms with Gasteiger partial charge in [0, 0.05) is 31.3 Å². The Morgan fingerprint density at radius 1 is 1.00 bits per heavy atom. The van der Waals surface area contributed by atoms with E-state index >= 15 is 0 Å². The Morgan fingerprint density at radius 3 is 2.37 bits per heavy atom. The van der Waals surface area contributed by atoms with Crippen molar-refractivity contribution in [1.29, 1.82) is 0 Å². The van der Waals surface area contributed by atoms with Crippen molar-refractivity contribution in [3.63, 3.8) is 0 Å². The molecule has 0 heterocycles. The minimum Gasteiger partial charge on any atom is -0.508 e. The van der Waals surface area contributed by atoms with Crippen molar-refractivity contribution in [2.24, 2.45) is 0 Å². The van der Waals surface area contributed by atoms with Gasteiger partial charge in [-0.05, 0) is 55.3 Å². The molecule has 0 fully saturated rings. The van der Waals surface area contributed by atoms with Gasteiger partial charge in [-0.15, -0.1) is 0 Å². The molecule has 0 spiro atoms. The summed E-state index contributed by atoms with van der Waals surface area (Å²) in [7, 11) is -3.23. The molecule has 0 atom stereocenters. The standard InChI is InChI=1S/C21H26N2O6S/c1-30(27,28)19-10-8-18(9-11-19)29-14-3-7-20(25)22-12-4-13-23-21(26)16-5-2-6-17(24)15-16/h2,5-6,8-11,15,24H,3-4,7,12-14H2,1H3,(H,22,25)(H,23,26). The van der Waals surface area contributed by atoms with Crippen LogP contribution in [0.15, 0.2) is 53.4 Å². The molecular formula is C21H26N2O6S. The lowest BCUT2D eigenvalue weighted by Crippen LogP contribution is -2.29. The number of nitrogens with one attached hydrogen (secondary N) is 2. The van der Waals surface area contributed by atoms with Crippen LogP contribution < -0.4 is 15.4 Å². The molecule has 0 unspecified atom stereocenters. The molecule has 0 radical (unpaired) electrons. The first kappa shape index (κ1) is 23.2. The van der Waals surface area contributed by atoms with Crippen molar-refractivity contribution < 1.29 is 27.9 Å². The first-order valence-electron chi connectivity index (χ1n) is 9.52. The van der Waals surface area contributed by atoms with E-state index in [2.05, 4.69) is 10.6 Å². The predicted molar refractivity (Wildman–Crippen MR) is 112 cm³/mol. The van der Waals surface area contributed by atoms with E-state index in [0.717, 1.165) is 6.26 Å². The van der Waals surface area contributed by atoms with E-state index in [4.69, 9.17) is 4.74 Å². The maximum absolute atomic E-state index is 11.9. The zero-order valence-electron chi connectivity index (χ0n) is 16.8. The predicted octanol–water partition coefficient (Wildman–Crippen LogP) is 1.89. The monoisotopic (exact) mass is 434 g/mol. The van der Waals surface area contributed by atoms with Gasteiger partial charge in [0.1, 0.15) is 11.5 Å². The lowest BCUT2D eigenvalue weighted by molar-refractivity contribution is -0.121. The van der Waals surface area contributed by atoms with Crippen LogP contribution in [0.2, 0.25) is 0 Å². The summed E-state index contributed by atoms with van der Waals surface area (Å²) in [6.07, 6.45) is 2.55. The number of phenolic OH excluding ortho intramolecular Hbond substituents is 1. The number of amides is 2. The van der Waals surface area contributed by atoms with E-state index in [0.29, 0.717) is 50.3 Å². The van der Waals surface area contributed by atoms with Crippen LogP contribution in [-0.4, -0.2) is 51.3 Å². The summed E-state index contributed by atoms with van der Waals surface area (Å²) in [6, 6.07) is 12.2. The molecule has 0 saturated heterocycles. The lowest BCUT2D eigenvalue weighted by Gasteiger charge is -2.08. The average Bonchev–Trinajstić information content (AvgIpc) is 2.70. The minimum absolute atomic E-state index is 0.0322. The third kappa shape index (κ3) is 8.12. The molecule has 0 bridgehead atoms. The summed E-state index contributed by atoms with van der Waals surface area (Å²) >= 11 is 0. The van der Waals surface area contributed by atoms with E-state index in [1.165, 1.54) is 24.3 Å². The number of phenols is 1. The molecule has 30 heavy (non-hydrogen) atoms. The first-order valence-corrected chi connectivity index (χ1v) is 11.4. The highest BCUT2D eigenvalue weighted by atomic mass is 32.2. The van der Waals surface area contributed by atoms with Crippen LogP contribution in [0.25, 0.3) is 0 Å². The second kappa shape index (κ2) is 11.2. The molecular weight excluding hydrogens is 408 g/mol. The fourth-order valence-electron chi connectivity index (χ4n) is 2.56. The molecule has 2 aromatic carbocycles. The number of carbonyl (C=O) groups is 2. The van der Waals surface area contributed by atoms with Crippen LogP contribution in [0.5, 0.6) is 11.5 Å². The summed E-state index contributed by atoms with van der Waals surface area (Å²) < 4.78 is 28.3. The van der Waals surface area contributed by atoms with Crippen LogP contribution >= 0.6 is 0 Å². The highest BCUT2D eigenvalue weighted by Gasteiger charge is 2.07. The van der Waals surface area contributed by atoms with Gasteiger partial charge in [-0.1, -0.05) is 6.07 Å². The maximum atomic E-state index is 11.9. The Labute approximate surface area is 176 Å². The summed E-state index contributed by atoms with van der Waals surface area (Å²) in [6.45, 7) is 1.18. The molecule has 3 N–H and O–H groups in total. The third-order valence-corrected chi connectivity index (χ3v) is 5.27. The molecule has 0 aliphatic heterocycles. The van der Waals surface area contributed by atoms with Crippen LogP contribution in [0.3, 0.4) is 0 Å². The quantitative estimate of drug-likeness (QED) is 0.464. The van der Waals surface area contributed by atoms with Gasteiger partial charge < -0.3 is 20.5 Å². The van der Waals surface area contributed by atoms with Gasteiger partial charge in [0.15, 0.2) is 9.84 Å². The number of carbonyl (C=O) groups excluding carboxylic acids is 2. The number of aromatic hydroxyl groups is 1. The molecule has 9 heteroatoms. The van der Waals surface area contributed by atoms with Crippen molar-refractivity contribution >= 4 is 21.7 Å². The fraction of sp³-hybridized carbons (Fsp3) is 0.333. The van der Waals surface area contributed by atoms with E-state index in [1.54, 1.807) is 24.3 Å². The van der Waals surface area contributed by atoms with Crippen molar-refractivity contribution in [2.45, 2.75) is 24.2 Å². The molecule has 2 aromatic rings. The Hall–Kier alpha value is -3.07. The number of hydrogen-bond acceptors (Lipinski definition) is 6. The number of hydrogen-bond donors (Lipinski definition) is 3. The van der Waals surface area contributed by atoms with E-state index in [9.17, 15) is 23.1 Å². The molecule has 162 valence electrons. The Kier molecular flexibility index (Phi) is 8.67. The normalized spacial score (nSPS) is 11.0. The van der Waals surface area contributed by atoms with Gasteiger partial charge in [-0.2, -0.15) is 0 Å². The number of rotatable bonds is 11. The SMILES string of the molecule is CS(=O)(=O)c1ccc(OCCCC(=O)NCCCNC(=O)c2cccc(O)c2)cc1. The molecule has 0 aliphatic carbocycles. The Bertz CT molecular complexity index is 958. The number of benzene rings is 2. The largest absolute Gasteiger partial charge is 0.508 e. The van der Waals surface area contributed by atoms with Crippen LogP contribution in [0.4, 0.5) is 0 Å². The van der Waals surface area contributed by atoms with E-state index in [-0.39, 0.29) is 22.5 Å². The zero-order valence-corrected chi connectivity index (χ0v) is 17.6. The average molecular weight is 435 g/mol. The Balaban J connectivity index is 1.54. The van der Waals surface area contributed by atoms with E-state index < -0.39 is 9.84 Å². The van der Waals surface area contributed by atoms with Gasteiger partial charge in [-0.3, -0.25) is 9.59 Å². The fourth-order valence-corrected chi connectivity index (χ4v) is 3.19. The number of ether oxygens (including phenoxy) is 1. The second-order valence-corrected chi connectivity index (χ2v) is 8.72. The molecule has 2 rings (SSSR count). The molecule has 2 amide bonds. The smallest absolute Gasteiger partial charge is 0.251 e. The van der Waals surface area contributed by atoms with Crippen LogP contribution in [0, 0.1) is 0 Å². The third-order valence-electron chi connectivity index (χ3n) is 4.14. The second-order valence-electron chi connectivity index (χ2n) is 6.71. The highest BCUT2D eigenvalue weighted by Crippen LogP contribution is 2.16. The van der Waals surface area contributed by atoms with Crippen molar-refractivity contribution in [3.05, 3.63) is 54.1 Å². The summed E-state index contributed by atoms with van der Waals surface area (Å²) in [5.41, 5.74) is 0.380. The van der Waals surface area contributed by atoms with Gasteiger partial charge in [0.25, 0.3) is 5.91 Å². The lowest BCUT2D eigenvalue weighted by atomic mass is 10.2. The maximum Gasteiger partial charge on any atom is 0.251 e. The van der Waals surface area contributed by atoms with Crippen molar-refractivity contribution in [3.8, 4) is 11.5 Å². The van der Waals surface area contributed by atoms with Crippen LogP contribution in [0.1, 0.15) is 29.6 Å². The topological polar surface area (TPSA) is 122 Å². The number of sulfone groups is 1. The molecule has 8 nitrogen and oxygen atoms in total. The van der Waals surface area contributed by atoms with Crippen LogP contribution in [-0.2, 0) is 14.6 Å². The van der Waals surface area contributed by atoms with Crippen molar-refractivity contribution in [2.75, 3.05) is 26.0 Å². The molecule has 0 aliphatic rings.